The van der Waals surface area contributed by atoms with Crippen LogP contribution in [0.25, 0.3) is 0 Å². The second kappa shape index (κ2) is 7.33. The Morgan fingerprint density at radius 2 is 2.00 bits per heavy atom. The zero-order chi connectivity index (χ0) is 15.1. The van der Waals surface area contributed by atoms with Crippen molar-refractivity contribution in [1.29, 1.82) is 0 Å². The molecule has 0 bridgehead atoms. The van der Waals surface area contributed by atoms with Crippen molar-refractivity contribution in [2.24, 2.45) is 0 Å². The molecule has 1 N–H and O–H groups in total. The molecule has 0 radical (unpaired) electrons. The van der Waals surface area contributed by atoms with E-state index in [-0.39, 0.29) is 11.9 Å². The Kier molecular flexibility index (Phi) is 5.77. The number of anilines is 1. The molecule has 0 saturated carbocycles. The van der Waals surface area contributed by atoms with E-state index < -0.39 is 0 Å². The lowest BCUT2D eigenvalue weighted by Gasteiger charge is -2.15. The molecule has 3 amide bonds. The number of nitrogens with zero attached hydrogens (tertiary/aromatic N) is 2. The first-order valence-electron chi connectivity index (χ1n) is 6.36. The van der Waals surface area contributed by atoms with Gasteiger partial charge in [0.15, 0.2) is 0 Å². The van der Waals surface area contributed by atoms with Crippen molar-refractivity contribution in [3.63, 3.8) is 0 Å². The highest BCUT2D eigenvalue weighted by molar-refractivity contribution is 5.89. The molecule has 108 valence electrons. The summed E-state index contributed by atoms with van der Waals surface area (Å²) >= 11 is 0. The van der Waals surface area contributed by atoms with Gasteiger partial charge in [0, 0.05) is 33.4 Å². The van der Waals surface area contributed by atoms with Gasteiger partial charge in [0.2, 0.25) is 5.91 Å². The molecule has 5 heteroatoms. The SMILES string of the molecule is C=CCN(C)C(=O)Cc1cccc(NC(=O)N(C)C)c1. The number of carbonyl (C=O) groups is 2. The smallest absolute Gasteiger partial charge is 0.321 e. The number of hydrogen-bond acceptors (Lipinski definition) is 2. The quantitative estimate of drug-likeness (QED) is 0.835. The summed E-state index contributed by atoms with van der Waals surface area (Å²) in [6.07, 6.45) is 1.99. The summed E-state index contributed by atoms with van der Waals surface area (Å²) in [4.78, 5) is 26.6. The maximum atomic E-state index is 11.9. The van der Waals surface area contributed by atoms with Crippen molar-refractivity contribution < 1.29 is 9.59 Å². The average Bonchev–Trinajstić information content (AvgIpc) is 2.39. The Hall–Kier alpha value is -2.30. The van der Waals surface area contributed by atoms with Crippen LogP contribution in [-0.2, 0) is 11.2 Å². The highest BCUT2D eigenvalue weighted by atomic mass is 16.2. The Morgan fingerprint density at radius 3 is 2.60 bits per heavy atom. The Labute approximate surface area is 119 Å². The lowest BCUT2D eigenvalue weighted by Crippen LogP contribution is -2.28. The molecule has 0 saturated heterocycles. The number of likely N-dealkylation sites (N-methyl/N-ethyl adjacent to an activating group) is 1. The van der Waals surface area contributed by atoms with Crippen molar-refractivity contribution in [1.82, 2.24) is 9.80 Å². The van der Waals surface area contributed by atoms with Crippen LogP contribution in [0.15, 0.2) is 36.9 Å². The van der Waals surface area contributed by atoms with Gasteiger partial charge in [-0.2, -0.15) is 0 Å². The van der Waals surface area contributed by atoms with Crippen LogP contribution in [-0.4, -0.2) is 49.4 Å². The van der Waals surface area contributed by atoms with Gasteiger partial charge in [-0.15, -0.1) is 6.58 Å². The first kappa shape index (κ1) is 15.8. The molecule has 1 rings (SSSR count). The van der Waals surface area contributed by atoms with Gasteiger partial charge in [-0.3, -0.25) is 4.79 Å². The number of hydrogen-bond donors (Lipinski definition) is 1. The Morgan fingerprint density at radius 1 is 1.30 bits per heavy atom. The van der Waals surface area contributed by atoms with Gasteiger partial charge < -0.3 is 15.1 Å². The second-order valence-electron chi connectivity index (χ2n) is 4.76. The van der Waals surface area contributed by atoms with Crippen molar-refractivity contribution >= 4 is 17.6 Å². The van der Waals surface area contributed by atoms with Crippen LogP contribution < -0.4 is 5.32 Å². The number of rotatable bonds is 5. The van der Waals surface area contributed by atoms with Crippen LogP contribution in [0.3, 0.4) is 0 Å². The highest BCUT2D eigenvalue weighted by Gasteiger charge is 2.09. The normalized spacial score (nSPS) is 9.75. The average molecular weight is 275 g/mol. The number of carbonyl (C=O) groups excluding carboxylic acids is 2. The van der Waals surface area contributed by atoms with E-state index in [1.807, 2.05) is 12.1 Å². The molecule has 0 aliphatic heterocycles. The van der Waals surface area contributed by atoms with Crippen LogP contribution >= 0.6 is 0 Å². The van der Waals surface area contributed by atoms with Gasteiger partial charge in [-0.1, -0.05) is 18.2 Å². The standard InChI is InChI=1S/C15H21N3O2/c1-5-9-18(4)14(19)11-12-7-6-8-13(10-12)16-15(20)17(2)3/h5-8,10H,1,9,11H2,2-4H3,(H,16,20). The lowest BCUT2D eigenvalue weighted by atomic mass is 10.1. The minimum Gasteiger partial charge on any atom is -0.342 e. The van der Waals surface area contributed by atoms with Crippen LogP contribution in [0.1, 0.15) is 5.56 Å². The summed E-state index contributed by atoms with van der Waals surface area (Å²) in [6.45, 7) is 4.13. The zero-order valence-electron chi connectivity index (χ0n) is 12.2. The minimum atomic E-state index is -0.197. The van der Waals surface area contributed by atoms with Gasteiger partial charge in [-0.25, -0.2) is 4.79 Å². The van der Waals surface area contributed by atoms with Crippen molar-refractivity contribution in [2.45, 2.75) is 6.42 Å². The van der Waals surface area contributed by atoms with Gasteiger partial charge in [0.1, 0.15) is 0 Å². The van der Waals surface area contributed by atoms with E-state index in [4.69, 9.17) is 0 Å². The summed E-state index contributed by atoms with van der Waals surface area (Å²) in [5.74, 6) is 0.0148. The second-order valence-corrected chi connectivity index (χ2v) is 4.76. The van der Waals surface area contributed by atoms with E-state index in [9.17, 15) is 9.59 Å². The van der Waals surface area contributed by atoms with Crippen molar-refractivity contribution in [3.05, 3.63) is 42.5 Å². The van der Waals surface area contributed by atoms with E-state index in [1.54, 1.807) is 44.3 Å². The maximum absolute atomic E-state index is 11.9. The molecule has 0 aliphatic rings. The van der Waals surface area contributed by atoms with Gasteiger partial charge >= 0.3 is 6.03 Å². The molecule has 0 heterocycles. The van der Waals surface area contributed by atoms with Crippen LogP contribution in [0, 0.1) is 0 Å². The summed E-state index contributed by atoms with van der Waals surface area (Å²) in [6, 6.07) is 7.09. The molecule has 5 nitrogen and oxygen atoms in total. The first-order valence-corrected chi connectivity index (χ1v) is 6.36. The summed E-state index contributed by atoms with van der Waals surface area (Å²) < 4.78 is 0. The summed E-state index contributed by atoms with van der Waals surface area (Å²) in [5, 5.41) is 2.76. The van der Waals surface area contributed by atoms with Gasteiger partial charge in [0.25, 0.3) is 0 Å². The molecule has 20 heavy (non-hydrogen) atoms. The Bertz CT molecular complexity index is 498. The highest BCUT2D eigenvalue weighted by Crippen LogP contribution is 2.12. The topological polar surface area (TPSA) is 52.7 Å². The summed E-state index contributed by atoms with van der Waals surface area (Å²) in [5.41, 5.74) is 1.54. The largest absolute Gasteiger partial charge is 0.342 e. The fourth-order valence-electron chi connectivity index (χ4n) is 1.60. The third kappa shape index (κ3) is 4.76. The van der Waals surface area contributed by atoms with Crippen LogP contribution in [0.4, 0.5) is 10.5 Å². The van der Waals surface area contributed by atoms with Crippen LogP contribution in [0.2, 0.25) is 0 Å². The molecule has 0 aliphatic carbocycles. The molecule has 0 unspecified atom stereocenters. The number of amides is 3. The first-order chi connectivity index (χ1) is 9.43. The lowest BCUT2D eigenvalue weighted by molar-refractivity contribution is -0.128. The number of urea groups is 1. The molecule has 1 aromatic carbocycles. The van der Waals surface area contributed by atoms with E-state index in [2.05, 4.69) is 11.9 Å². The predicted octanol–water partition coefficient (Wildman–Crippen LogP) is 1.97. The molecule has 1 aromatic rings. The molecule has 0 aromatic heterocycles. The van der Waals surface area contributed by atoms with Crippen LogP contribution in [0.5, 0.6) is 0 Å². The van der Waals surface area contributed by atoms with Crippen molar-refractivity contribution in [3.8, 4) is 0 Å². The maximum Gasteiger partial charge on any atom is 0.321 e. The molecular weight excluding hydrogens is 254 g/mol. The van der Waals surface area contributed by atoms with E-state index in [0.29, 0.717) is 18.7 Å². The number of nitrogens with one attached hydrogen (secondary N) is 1. The third-order valence-corrected chi connectivity index (χ3v) is 2.77. The minimum absolute atomic E-state index is 0.0148. The molecular formula is C15H21N3O2. The summed E-state index contributed by atoms with van der Waals surface area (Å²) in [7, 11) is 5.08. The Balaban J connectivity index is 2.71. The molecule has 0 spiro atoms. The fourth-order valence-corrected chi connectivity index (χ4v) is 1.60. The monoisotopic (exact) mass is 275 g/mol. The van der Waals surface area contributed by atoms with Gasteiger partial charge in [0.05, 0.1) is 6.42 Å². The zero-order valence-corrected chi connectivity index (χ0v) is 12.2. The van der Waals surface area contributed by atoms with Crippen molar-refractivity contribution in [2.75, 3.05) is 33.0 Å². The van der Waals surface area contributed by atoms with E-state index in [0.717, 1.165) is 5.56 Å². The van der Waals surface area contributed by atoms with E-state index >= 15 is 0 Å². The fraction of sp³-hybridized carbons (Fsp3) is 0.333. The third-order valence-electron chi connectivity index (χ3n) is 2.77. The molecule has 0 atom stereocenters. The molecule has 0 fully saturated rings. The van der Waals surface area contributed by atoms with Gasteiger partial charge in [-0.05, 0) is 17.7 Å². The van der Waals surface area contributed by atoms with E-state index in [1.165, 1.54) is 4.90 Å². The number of benzene rings is 1. The predicted molar refractivity (Wildman–Crippen MR) is 80.7 cm³/mol.